The van der Waals surface area contributed by atoms with Gasteiger partial charge in [-0.1, -0.05) is 18.2 Å². The highest BCUT2D eigenvalue weighted by molar-refractivity contribution is 5.85. The van der Waals surface area contributed by atoms with Gasteiger partial charge in [-0.3, -0.25) is 4.79 Å². The van der Waals surface area contributed by atoms with Gasteiger partial charge in [-0.05, 0) is 62.7 Å². The van der Waals surface area contributed by atoms with Gasteiger partial charge in [0.15, 0.2) is 0 Å². The van der Waals surface area contributed by atoms with Gasteiger partial charge in [0.1, 0.15) is 0 Å². The Labute approximate surface area is 163 Å². The van der Waals surface area contributed by atoms with Crippen LogP contribution in [0.5, 0.6) is 0 Å². The lowest BCUT2D eigenvalue weighted by molar-refractivity contribution is -0.123. The van der Waals surface area contributed by atoms with E-state index in [4.69, 9.17) is 0 Å². The average molecular weight is 388 g/mol. The molecule has 1 atom stereocenters. The Balaban J connectivity index is 0.00000156. The average Bonchev–Trinajstić information content (AvgIpc) is 3.28. The zero-order valence-corrected chi connectivity index (χ0v) is 16.6. The molecule has 4 nitrogen and oxygen atoms in total. The largest absolute Gasteiger partial charge is 0.375 e. The Kier molecular flexibility index (Phi) is 9.04. The van der Waals surface area contributed by atoms with Crippen LogP contribution >= 0.6 is 24.8 Å². The summed E-state index contributed by atoms with van der Waals surface area (Å²) in [5.41, 5.74) is 1.60. The Morgan fingerprint density at radius 1 is 1.20 bits per heavy atom. The van der Waals surface area contributed by atoms with Gasteiger partial charge >= 0.3 is 0 Å². The van der Waals surface area contributed by atoms with E-state index in [0.717, 1.165) is 45.4 Å². The van der Waals surface area contributed by atoms with Crippen molar-refractivity contribution in [3.05, 3.63) is 30.3 Å². The van der Waals surface area contributed by atoms with Crippen molar-refractivity contribution in [2.24, 2.45) is 11.3 Å². The molecular weight excluding hydrogens is 357 g/mol. The fourth-order valence-corrected chi connectivity index (χ4v) is 3.82. The van der Waals surface area contributed by atoms with Gasteiger partial charge in [-0.15, -0.1) is 24.8 Å². The van der Waals surface area contributed by atoms with Crippen molar-refractivity contribution in [3.63, 3.8) is 0 Å². The van der Waals surface area contributed by atoms with Crippen molar-refractivity contribution in [2.75, 3.05) is 38.1 Å². The number of unbranched alkanes of at least 4 members (excludes halogenated alkanes) is 1. The number of carbonyl (C=O) groups excluding carboxylic acids is 1. The highest BCUT2D eigenvalue weighted by atomic mass is 35.5. The van der Waals surface area contributed by atoms with Gasteiger partial charge in [-0.2, -0.15) is 0 Å². The van der Waals surface area contributed by atoms with Crippen LogP contribution < -0.4 is 15.5 Å². The quantitative estimate of drug-likeness (QED) is 0.705. The number of para-hydroxylation sites is 1. The number of anilines is 1. The molecule has 142 valence electrons. The van der Waals surface area contributed by atoms with E-state index in [-0.39, 0.29) is 30.7 Å². The highest BCUT2D eigenvalue weighted by Crippen LogP contribution is 2.58. The standard InChI is InChI=1S/C19H29N3O.2ClH/c1-22(16-7-3-2-4-8-16)14-6-5-11-21-18(23)17-15-19(17)9-12-20-13-10-19;;/h2-4,7-8,17,20H,5-6,9-15H2,1H3,(H,21,23);2*1H. The monoisotopic (exact) mass is 387 g/mol. The van der Waals surface area contributed by atoms with Crippen molar-refractivity contribution in [1.82, 2.24) is 10.6 Å². The van der Waals surface area contributed by atoms with Gasteiger partial charge in [-0.25, -0.2) is 0 Å². The molecule has 0 bridgehead atoms. The van der Waals surface area contributed by atoms with E-state index < -0.39 is 0 Å². The summed E-state index contributed by atoms with van der Waals surface area (Å²) in [5.74, 6) is 0.583. The Hall–Kier alpha value is -0.970. The third-order valence-corrected chi connectivity index (χ3v) is 5.52. The first kappa shape index (κ1) is 22.1. The minimum atomic E-state index is 0. The van der Waals surface area contributed by atoms with Crippen LogP contribution in [0.25, 0.3) is 0 Å². The lowest BCUT2D eigenvalue weighted by atomic mass is 9.92. The first-order valence-corrected chi connectivity index (χ1v) is 8.96. The number of halogens is 2. The number of amides is 1. The summed E-state index contributed by atoms with van der Waals surface area (Å²) in [4.78, 5) is 14.5. The Morgan fingerprint density at radius 3 is 2.56 bits per heavy atom. The molecule has 1 saturated carbocycles. The molecule has 0 radical (unpaired) electrons. The molecular formula is C19H31Cl2N3O. The zero-order valence-electron chi connectivity index (χ0n) is 15.0. The normalized spacial score (nSPS) is 20.1. The van der Waals surface area contributed by atoms with Gasteiger partial charge in [0.2, 0.25) is 5.91 Å². The summed E-state index contributed by atoms with van der Waals surface area (Å²) in [7, 11) is 2.12. The number of hydrogen-bond acceptors (Lipinski definition) is 3. The molecule has 2 fully saturated rings. The van der Waals surface area contributed by atoms with Crippen LogP contribution in [0.15, 0.2) is 30.3 Å². The maximum Gasteiger partial charge on any atom is 0.223 e. The molecule has 6 heteroatoms. The van der Waals surface area contributed by atoms with Crippen molar-refractivity contribution >= 4 is 36.4 Å². The summed E-state index contributed by atoms with van der Waals surface area (Å²) in [6.45, 7) is 4.00. The molecule has 0 aromatic heterocycles. The predicted molar refractivity (Wildman–Crippen MR) is 109 cm³/mol. The predicted octanol–water partition coefficient (Wildman–Crippen LogP) is 3.25. The third-order valence-electron chi connectivity index (χ3n) is 5.52. The molecule has 1 aliphatic heterocycles. The minimum Gasteiger partial charge on any atom is -0.375 e. The van der Waals surface area contributed by atoms with Gasteiger partial charge in [0.25, 0.3) is 0 Å². The molecule has 1 aliphatic carbocycles. The first-order chi connectivity index (χ1) is 11.2. The second kappa shape index (κ2) is 10.2. The fourth-order valence-electron chi connectivity index (χ4n) is 3.82. The van der Waals surface area contributed by atoms with E-state index >= 15 is 0 Å². The van der Waals surface area contributed by atoms with Crippen LogP contribution in [0, 0.1) is 11.3 Å². The summed E-state index contributed by atoms with van der Waals surface area (Å²) < 4.78 is 0. The zero-order chi connectivity index (χ0) is 16.1. The minimum absolute atomic E-state index is 0. The van der Waals surface area contributed by atoms with Crippen LogP contribution in [0.1, 0.15) is 32.1 Å². The number of nitrogens with zero attached hydrogens (tertiary/aromatic N) is 1. The molecule has 2 N–H and O–H groups in total. The van der Waals surface area contributed by atoms with Gasteiger partial charge in [0.05, 0.1) is 0 Å². The van der Waals surface area contributed by atoms with E-state index in [1.807, 2.05) is 6.07 Å². The van der Waals surface area contributed by atoms with Crippen LogP contribution in [-0.4, -0.2) is 39.1 Å². The molecule has 25 heavy (non-hydrogen) atoms. The van der Waals surface area contributed by atoms with Crippen molar-refractivity contribution in [3.8, 4) is 0 Å². The lowest BCUT2D eigenvalue weighted by Gasteiger charge is -2.23. The molecule has 1 aromatic rings. The van der Waals surface area contributed by atoms with E-state index in [0.29, 0.717) is 11.3 Å². The smallest absolute Gasteiger partial charge is 0.223 e. The van der Waals surface area contributed by atoms with Crippen molar-refractivity contribution in [2.45, 2.75) is 32.1 Å². The summed E-state index contributed by atoms with van der Waals surface area (Å²) in [6.07, 6.45) is 5.60. The molecule has 1 saturated heterocycles. The number of nitrogens with one attached hydrogen (secondary N) is 2. The van der Waals surface area contributed by atoms with Crippen LogP contribution in [-0.2, 0) is 4.79 Å². The molecule has 1 unspecified atom stereocenters. The first-order valence-electron chi connectivity index (χ1n) is 8.96. The third kappa shape index (κ3) is 5.77. The fraction of sp³-hybridized carbons (Fsp3) is 0.632. The number of benzene rings is 1. The summed E-state index contributed by atoms with van der Waals surface area (Å²) >= 11 is 0. The molecule has 1 spiro atoms. The summed E-state index contributed by atoms with van der Waals surface area (Å²) in [6, 6.07) is 10.4. The maximum atomic E-state index is 12.3. The van der Waals surface area contributed by atoms with E-state index in [2.05, 4.69) is 46.8 Å². The van der Waals surface area contributed by atoms with E-state index in [1.54, 1.807) is 0 Å². The second-order valence-corrected chi connectivity index (χ2v) is 7.12. The SMILES string of the molecule is CN(CCCCNC(=O)C1CC12CCNCC2)c1ccccc1.Cl.Cl. The molecule has 3 rings (SSSR count). The Morgan fingerprint density at radius 2 is 1.88 bits per heavy atom. The van der Waals surface area contributed by atoms with E-state index in [9.17, 15) is 4.79 Å². The number of rotatable bonds is 7. The van der Waals surface area contributed by atoms with Crippen molar-refractivity contribution in [1.29, 1.82) is 0 Å². The summed E-state index contributed by atoms with van der Waals surface area (Å²) in [5, 5.41) is 6.54. The maximum absolute atomic E-state index is 12.3. The van der Waals surface area contributed by atoms with E-state index in [1.165, 1.54) is 18.5 Å². The topological polar surface area (TPSA) is 44.4 Å². The molecule has 1 heterocycles. The van der Waals surface area contributed by atoms with Crippen LogP contribution in [0.2, 0.25) is 0 Å². The van der Waals surface area contributed by atoms with Crippen molar-refractivity contribution < 1.29 is 4.79 Å². The molecule has 1 amide bonds. The van der Waals surface area contributed by atoms with Crippen LogP contribution in [0.4, 0.5) is 5.69 Å². The van der Waals surface area contributed by atoms with Crippen LogP contribution in [0.3, 0.4) is 0 Å². The molecule has 2 aliphatic rings. The van der Waals surface area contributed by atoms with Gasteiger partial charge in [0, 0.05) is 31.7 Å². The Bertz CT molecular complexity index is 521. The number of hydrogen-bond donors (Lipinski definition) is 2. The lowest BCUT2D eigenvalue weighted by Crippen LogP contribution is -2.34. The van der Waals surface area contributed by atoms with Gasteiger partial charge < -0.3 is 15.5 Å². The second-order valence-electron chi connectivity index (χ2n) is 7.12. The molecule has 1 aromatic carbocycles. The highest BCUT2D eigenvalue weighted by Gasteiger charge is 2.57. The number of carbonyl (C=O) groups is 1. The number of piperidine rings is 1.